The molecule has 0 aromatic carbocycles. The number of aliphatic hydroxyl groups is 1. The number of methoxy groups -OCH3 is 1. The van der Waals surface area contributed by atoms with Gasteiger partial charge < -0.3 is 20.1 Å². The van der Waals surface area contributed by atoms with Crippen LogP contribution in [-0.4, -0.2) is 60.0 Å². The second kappa shape index (κ2) is 8.08. The molecule has 0 aliphatic rings. The van der Waals surface area contributed by atoms with Crippen LogP contribution >= 0.6 is 11.6 Å². The number of anilines is 2. The summed E-state index contributed by atoms with van der Waals surface area (Å²) in [5.74, 6) is 0.846. The first-order chi connectivity index (χ1) is 9.06. The van der Waals surface area contributed by atoms with Crippen LogP contribution in [0.4, 0.5) is 11.9 Å². The number of aliphatic hydroxyl groups excluding tert-OH is 1. The molecule has 0 aliphatic carbocycles. The van der Waals surface area contributed by atoms with Crippen molar-refractivity contribution in [3.8, 4) is 0 Å². The maximum absolute atomic E-state index is 9.67. The van der Waals surface area contributed by atoms with Crippen LogP contribution in [0.3, 0.4) is 0 Å². The highest BCUT2D eigenvalue weighted by Gasteiger charge is 2.13. The average Bonchev–Trinajstić information content (AvgIpc) is 2.36. The molecule has 2 N–H and O–H groups in total. The van der Waals surface area contributed by atoms with E-state index in [1.807, 2.05) is 6.92 Å². The fraction of sp³-hybridized carbons (Fsp3) is 0.727. The van der Waals surface area contributed by atoms with Crippen molar-refractivity contribution in [2.24, 2.45) is 0 Å². The molecule has 0 saturated carbocycles. The molecular formula is C11H20ClN5O2. The van der Waals surface area contributed by atoms with Gasteiger partial charge in [-0.15, -0.1) is 0 Å². The number of hydrogen-bond donors (Lipinski definition) is 2. The van der Waals surface area contributed by atoms with E-state index in [1.165, 1.54) is 7.11 Å². The fourth-order valence-electron chi connectivity index (χ4n) is 1.47. The molecule has 1 rings (SSSR count). The topological polar surface area (TPSA) is 83.4 Å². The maximum Gasteiger partial charge on any atom is 0.231 e. The Morgan fingerprint density at radius 1 is 1.42 bits per heavy atom. The molecule has 0 fully saturated rings. The van der Waals surface area contributed by atoms with Crippen molar-refractivity contribution in [1.29, 1.82) is 0 Å². The number of rotatable bonds is 8. The van der Waals surface area contributed by atoms with E-state index < -0.39 is 6.10 Å². The van der Waals surface area contributed by atoms with Crippen LogP contribution < -0.4 is 10.2 Å². The molecule has 8 heteroatoms. The Morgan fingerprint density at radius 2 is 2.16 bits per heavy atom. The van der Waals surface area contributed by atoms with E-state index in [2.05, 4.69) is 20.3 Å². The predicted octanol–water partition coefficient (Wildman–Crippen LogP) is 0.790. The van der Waals surface area contributed by atoms with Gasteiger partial charge in [-0.2, -0.15) is 15.0 Å². The summed E-state index contributed by atoms with van der Waals surface area (Å²) in [6, 6.07) is 0. The maximum atomic E-state index is 9.67. The molecule has 1 aromatic rings. The van der Waals surface area contributed by atoms with E-state index in [0.29, 0.717) is 18.4 Å². The molecule has 0 aliphatic heterocycles. The van der Waals surface area contributed by atoms with Crippen LogP contribution in [0, 0.1) is 0 Å². The van der Waals surface area contributed by atoms with E-state index in [9.17, 15) is 5.11 Å². The number of likely N-dealkylation sites (N-methyl/N-ethyl adjacent to an activating group) is 1. The molecule has 0 saturated heterocycles. The Bertz CT molecular complexity index is 393. The van der Waals surface area contributed by atoms with Crippen LogP contribution in [0.15, 0.2) is 0 Å². The third-order valence-electron chi connectivity index (χ3n) is 2.31. The van der Waals surface area contributed by atoms with Crippen LogP contribution in [0.5, 0.6) is 0 Å². The van der Waals surface area contributed by atoms with Crippen LogP contribution in [-0.2, 0) is 4.74 Å². The van der Waals surface area contributed by atoms with Gasteiger partial charge in [0.2, 0.25) is 17.2 Å². The van der Waals surface area contributed by atoms with Gasteiger partial charge in [0.15, 0.2) is 0 Å². The minimum absolute atomic E-state index is 0.122. The molecule has 1 unspecified atom stereocenters. The molecule has 0 bridgehead atoms. The zero-order valence-corrected chi connectivity index (χ0v) is 12.2. The van der Waals surface area contributed by atoms with Gasteiger partial charge in [-0.3, -0.25) is 0 Å². The smallest absolute Gasteiger partial charge is 0.231 e. The van der Waals surface area contributed by atoms with E-state index >= 15 is 0 Å². The molecule has 19 heavy (non-hydrogen) atoms. The third kappa shape index (κ3) is 5.54. The van der Waals surface area contributed by atoms with Crippen LogP contribution in [0.25, 0.3) is 0 Å². The summed E-state index contributed by atoms with van der Waals surface area (Å²) in [5.41, 5.74) is 0. The lowest BCUT2D eigenvalue weighted by Crippen LogP contribution is -2.33. The predicted molar refractivity (Wildman–Crippen MR) is 74.8 cm³/mol. The van der Waals surface area contributed by atoms with E-state index in [0.717, 1.165) is 13.0 Å². The Labute approximate surface area is 118 Å². The van der Waals surface area contributed by atoms with Gasteiger partial charge >= 0.3 is 0 Å². The largest absolute Gasteiger partial charge is 0.389 e. The van der Waals surface area contributed by atoms with Crippen molar-refractivity contribution < 1.29 is 9.84 Å². The zero-order valence-electron chi connectivity index (χ0n) is 11.4. The van der Waals surface area contributed by atoms with Crippen molar-refractivity contribution in [3.05, 3.63) is 5.28 Å². The van der Waals surface area contributed by atoms with Crippen molar-refractivity contribution in [2.45, 2.75) is 19.4 Å². The zero-order chi connectivity index (χ0) is 14.3. The summed E-state index contributed by atoms with van der Waals surface area (Å²) < 4.78 is 4.87. The lowest BCUT2D eigenvalue weighted by molar-refractivity contribution is 0.0693. The molecule has 0 radical (unpaired) electrons. The Hall–Kier alpha value is -1.18. The number of hydrogen-bond acceptors (Lipinski definition) is 7. The monoisotopic (exact) mass is 289 g/mol. The van der Waals surface area contributed by atoms with Gasteiger partial charge in [0.25, 0.3) is 0 Å². The number of halogens is 1. The molecule has 1 heterocycles. The fourth-order valence-corrected chi connectivity index (χ4v) is 1.62. The molecule has 1 atom stereocenters. The number of ether oxygens (including phenoxy) is 1. The highest BCUT2D eigenvalue weighted by molar-refractivity contribution is 6.28. The molecule has 0 spiro atoms. The van der Waals surface area contributed by atoms with Crippen molar-refractivity contribution in [2.75, 3.05) is 44.1 Å². The molecule has 7 nitrogen and oxygen atoms in total. The van der Waals surface area contributed by atoms with Crippen molar-refractivity contribution in [3.63, 3.8) is 0 Å². The quantitative estimate of drug-likeness (QED) is 0.732. The van der Waals surface area contributed by atoms with Crippen molar-refractivity contribution >= 4 is 23.5 Å². The third-order valence-corrected chi connectivity index (χ3v) is 2.48. The minimum Gasteiger partial charge on any atom is -0.389 e. The summed E-state index contributed by atoms with van der Waals surface area (Å²) in [7, 11) is 3.31. The molecular weight excluding hydrogens is 270 g/mol. The Kier molecular flexibility index (Phi) is 6.75. The van der Waals surface area contributed by atoms with Crippen LogP contribution in [0.1, 0.15) is 13.3 Å². The molecule has 1 aromatic heterocycles. The minimum atomic E-state index is -0.613. The SMILES string of the molecule is CCCNc1nc(Cl)nc(N(C)CC(O)COC)n1. The molecule has 108 valence electrons. The Morgan fingerprint density at radius 3 is 2.79 bits per heavy atom. The van der Waals surface area contributed by atoms with Gasteiger partial charge in [0.1, 0.15) is 0 Å². The van der Waals surface area contributed by atoms with Crippen molar-refractivity contribution in [1.82, 2.24) is 15.0 Å². The van der Waals surface area contributed by atoms with Gasteiger partial charge in [-0.1, -0.05) is 6.92 Å². The summed E-state index contributed by atoms with van der Waals surface area (Å²) >= 11 is 5.85. The lowest BCUT2D eigenvalue weighted by atomic mass is 10.3. The standard InChI is InChI=1S/C11H20ClN5O2/c1-4-5-13-10-14-9(12)15-11(16-10)17(2)6-8(18)7-19-3/h8,18H,4-7H2,1-3H3,(H,13,14,15,16). The highest BCUT2D eigenvalue weighted by Crippen LogP contribution is 2.13. The first kappa shape index (κ1) is 15.9. The highest BCUT2D eigenvalue weighted by atomic mass is 35.5. The van der Waals surface area contributed by atoms with Gasteiger partial charge in [0.05, 0.1) is 12.7 Å². The van der Waals surface area contributed by atoms with E-state index in [1.54, 1.807) is 11.9 Å². The Balaban J connectivity index is 2.72. The lowest BCUT2D eigenvalue weighted by Gasteiger charge is -2.20. The van der Waals surface area contributed by atoms with E-state index in [-0.39, 0.29) is 11.9 Å². The van der Waals surface area contributed by atoms with Gasteiger partial charge in [-0.25, -0.2) is 0 Å². The average molecular weight is 290 g/mol. The summed E-state index contributed by atoms with van der Waals surface area (Å²) in [4.78, 5) is 14.0. The first-order valence-corrected chi connectivity index (χ1v) is 6.48. The van der Waals surface area contributed by atoms with E-state index in [4.69, 9.17) is 16.3 Å². The molecule has 0 amide bonds. The van der Waals surface area contributed by atoms with Crippen LogP contribution in [0.2, 0.25) is 5.28 Å². The normalized spacial score (nSPS) is 12.3. The number of nitrogens with zero attached hydrogens (tertiary/aromatic N) is 4. The first-order valence-electron chi connectivity index (χ1n) is 6.10. The second-order valence-electron chi connectivity index (χ2n) is 4.14. The number of aromatic nitrogens is 3. The summed E-state index contributed by atoms with van der Waals surface area (Å²) in [6.45, 7) is 3.41. The number of nitrogens with one attached hydrogen (secondary N) is 1. The summed E-state index contributed by atoms with van der Waals surface area (Å²) in [5, 5.41) is 12.8. The second-order valence-corrected chi connectivity index (χ2v) is 4.48. The van der Waals surface area contributed by atoms with Gasteiger partial charge in [-0.05, 0) is 18.0 Å². The van der Waals surface area contributed by atoms with Gasteiger partial charge in [0, 0.05) is 27.2 Å². The summed E-state index contributed by atoms with van der Waals surface area (Å²) in [6.07, 6.45) is 0.346.